The molecule has 0 aliphatic carbocycles. The van der Waals surface area contributed by atoms with Crippen LogP contribution in [0.25, 0.3) is 0 Å². The number of nitrogens with zero attached hydrogens (tertiary/aromatic N) is 1. The predicted molar refractivity (Wildman–Crippen MR) is 73.9 cm³/mol. The fourth-order valence-electron chi connectivity index (χ4n) is 1.71. The first-order chi connectivity index (χ1) is 10.0. The number of rotatable bonds is 4. The Labute approximate surface area is 125 Å². The van der Waals surface area contributed by atoms with Crippen molar-refractivity contribution in [1.82, 2.24) is 0 Å². The highest BCUT2D eigenvalue weighted by Gasteiger charge is 2.11. The molecule has 0 radical (unpaired) electrons. The van der Waals surface area contributed by atoms with Gasteiger partial charge in [-0.2, -0.15) is 5.26 Å². The van der Waals surface area contributed by atoms with Crippen LogP contribution < -0.4 is 4.74 Å². The number of hydrogen-bond donors (Lipinski definition) is 1. The lowest BCUT2D eigenvalue weighted by molar-refractivity contribution is 0.0696. The zero-order chi connectivity index (χ0) is 15.4. The molecule has 0 heterocycles. The molecule has 2 aromatic rings. The van der Waals surface area contributed by atoms with Crippen LogP contribution in [0.3, 0.4) is 0 Å². The van der Waals surface area contributed by atoms with Crippen LogP contribution in [0.1, 0.15) is 21.5 Å². The highest BCUT2D eigenvalue weighted by atomic mass is 35.5. The van der Waals surface area contributed by atoms with Crippen LogP contribution in [0.4, 0.5) is 4.39 Å². The zero-order valence-corrected chi connectivity index (χ0v) is 11.4. The van der Waals surface area contributed by atoms with Gasteiger partial charge in [-0.25, -0.2) is 9.18 Å². The van der Waals surface area contributed by atoms with Gasteiger partial charge in [-0.3, -0.25) is 0 Å². The molecule has 0 spiro atoms. The molecule has 4 nitrogen and oxygen atoms in total. The average Bonchev–Trinajstić information content (AvgIpc) is 2.46. The smallest absolute Gasteiger partial charge is 0.335 e. The van der Waals surface area contributed by atoms with Crippen molar-refractivity contribution in [3.8, 4) is 11.8 Å². The lowest BCUT2D eigenvalue weighted by Crippen LogP contribution is -2.04. The lowest BCUT2D eigenvalue weighted by Gasteiger charge is -2.10. The highest BCUT2D eigenvalue weighted by Crippen LogP contribution is 2.26. The van der Waals surface area contributed by atoms with E-state index in [-0.39, 0.29) is 34.1 Å². The summed E-state index contributed by atoms with van der Waals surface area (Å²) in [7, 11) is 0. The summed E-state index contributed by atoms with van der Waals surface area (Å²) in [6.45, 7) is -0.206. The molecule has 2 rings (SSSR count). The van der Waals surface area contributed by atoms with Crippen LogP contribution in [-0.4, -0.2) is 11.1 Å². The summed E-state index contributed by atoms with van der Waals surface area (Å²) in [4.78, 5) is 10.9. The van der Waals surface area contributed by atoms with Crippen molar-refractivity contribution >= 4 is 17.6 Å². The third-order valence-electron chi connectivity index (χ3n) is 2.76. The molecule has 0 fully saturated rings. The molecule has 0 atom stereocenters. The van der Waals surface area contributed by atoms with E-state index in [0.29, 0.717) is 0 Å². The van der Waals surface area contributed by atoms with Crippen molar-refractivity contribution in [3.63, 3.8) is 0 Å². The molecule has 0 aliphatic rings. The Balaban J connectivity index is 2.25. The van der Waals surface area contributed by atoms with Gasteiger partial charge in [0.25, 0.3) is 0 Å². The van der Waals surface area contributed by atoms with E-state index in [0.717, 1.165) is 6.07 Å². The number of carbonyl (C=O) groups is 1. The van der Waals surface area contributed by atoms with E-state index in [9.17, 15) is 9.18 Å². The van der Waals surface area contributed by atoms with Crippen LogP contribution >= 0.6 is 11.6 Å². The largest absolute Gasteiger partial charge is 0.487 e. The molecule has 0 unspecified atom stereocenters. The molecular formula is C15H9ClFNO3. The second-order valence-electron chi connectivity index (χ2n) is 4.12. The van der Waals surface area contributed by atoms with Gasteiger partial charge >= 0.3 is 5.97 Å². The monoisotopic (exact) mass is 305 g/mol. The number of carboxylic acid groups (broad SMARTS) is 1. The van der Waals surface area contributed by atoms with Crippen LogP contribution in [0.15, 0.2) is 36.4 Å². The molecule has 0 amide bonds. The Hall–Kier alpha value is -2.58. The molecule has 0 aliphatic heterocycles. The number of ether oxygens (including phenoxy) is 1. The van der Waals surface area contributed by atoms with Gasteiger partial charge < -0.3 is 9.84 Å². The molecule has 1 N–H and O–H groups in total. The zero-order valence-electron chi connectivity index (χ0n) is 10.6. The third-order valence-corrected chi connectivity index (χ3v) is 3.08. The summed E-state index contributed by atoms with van der Waals surface area (Å²) >= 11 is 5.86. The van der Waals surface area contributed by atoms with E-state index >= 15 is 0 Å². The minimum atomic E-state index is -1.16. The maximum absolute atomic E-state index is 13.6. The topological polar surface area (TPSA) is 70.3 Å². The maximum Gasteiger partial charge on any atom is 0.335 e. The normalized spacial score (nSPS) is 9.95. The standard InChI is InChI=1S/C15H9ClFNO3/c16-12-2-1-3-14(11(12)7-18)21-8-10-6-9(15(19)20)4-5-13(10)17/h1-6H,8H2,(H,19,20). The maximum atomic E-state index is 13.6. The summed E-state index contributed by atoms with van der Waals surface area (Å²) in [5, 5.41) is 18.1. The molecule has 0 bridgehead atoms. The van der Waals surface area contributed by atoms with Crippen molar-refractivity contribution in [1.29, 1.82) is 5.26 Å². The number of aromatic carboxylic acids is 1. The van der Waals surface area contributed by atoms with E-state index in [1.807, 2.05) is 6.07 Å². The van der Waals surface area contributed by atoms with Crippen LogP contribution in [-0.2, 0) is 6.61 Å². The molecule has 6 heteroatoms. The summed E-state index contributed by atoms with van der Waals surface area (Å²) in [5.41, 5.74) is 0.189. The first kappa shape index (κ1) is 14.8. The van der Waals surface area contributed by atoms with Crippen LogP contribution in [0, 0.1) is 17.1 Å². The Kier molecular flexibility index (Phi) is 4.41. The highest BCUT2D eigenvalue weighted by molar-refractivity contribution is 6.31. The van der Waals surface area contributed by atoms with Gasteiger partial charge in [-0.1, -0.05) is 17.7 Å². The van der Waals surface area contributed by atoms with Crippen LogP contribution in [0.2, 0.25) is 5.02 Å². The van der Waals surface area contributed by atoms with Gasteiger partial charge in [0.2, 0.25) is 0 Å². The number of hydrogen-bond acceptors (Lipinski definition) is 3. The fourth-order valence-corrected chi connectivity index (χ4v) is 1.92. The van der Waals surface area contributed by atoms with Gasteiger partial charge in [-0.05, 0) is 30.3 Å². The molecule has 21 heavy (non-hydrogen) atoms. The van der Waals surface area contributed by atoms with Crippen molar-refractivity contribution < 1.29 is 19.0 Å². The lowest BCUT2D eigenvalue weighted by atomic mass is 10.1. The van der Waals surface area contributed by atoms with E-state index in [2.05, 4.69) is 0 Å². The van der Waals surface area contributed by atoms with Gasteiger partial charge in [0.05, 0.1) is 10.6 Å². The second-order valence-corrected chi connectivity index (χ2v) is 4.53. The van der Waals surface area contributed by atoms with Gasteiger partial charge in [0.1, 0.15) is 29.8 Å². The Morgan fingerprint density at radius 2 is 2.14 bits per heavy atom. The molecular weight excluding hydrogens is 297 g/mol. The predicted octanol–water partition coefficient (Wildman–Crippen LogP) is 3.63. The number of benzene rings is 2. The quantitative estimate of drug-likeness (QED) is 0.936. The minimum Gasteiger partial charge on any atom is -0.487 e. The van der Waals surface area contributed by atoms with Crippen molar-refractivity contribution in [2.45, 2.75) is 6.61 Å². The van der Waals surface area contributed by atoms with Crippen molar-refractivity contribution in [2.24, 2.45) is 0 Å². The molecule has 106 valence electrons. The number of carboxylic acids is 1. The molecule has 2 aromatic carbocycles. The Morgan fingerprint density at radius 3 is 2.81 bits per heavy atom. The van der Waals surface area contributed by atoms with Gasteiger partial charge in [0.15, 0.2) is 0 Å². The number of halogens is 2. The van der Waals surface area contributed by atoms with Gasteiger partial charge in [0, 0.05) is 5.56 Å². The fraction of sp³-hybridized carbons (Fsp3) is 0.0667. The van der Waals surface area contributed by atoms with Crippen molar-refractivity contribution in [2.75, 3.05) is 0 Å². The molecule has 0 saturated carbocycles. The Morgan fingerprint density at radius 1 is 1.38 bits per heavy atom. The first-order valence-electron chi connectivity index (χ1n) is 5.86. The Bertz CT molecular complexity index is 740. The van der Waals surface area contributed by atoms with E-state index < -0.39 is 11.8 Å². The third kappa shape index (κ3) is 3.30. The first-order valence-corrected chi connectivity index (χ1v) is 6.24. The minimum absolute atomic E-state index is 0.0402. The summed E-state index contributed by atoms with van der Waals surface area (Å²) in [5.74, 6) is -1.53. The van der Waals surface area contributed by atoms with E-state index in [4.69, 9.17) is 26.7 Å². The van der Waals surface area contributed by atoms with Crippen LogP contribution in [0.5, 0.6) is 5.75 Å². The average molecular weight is 306 g/mol. The van der Waals surface area contributed by atoms with Gasteiger partial charge in [-0.15, -0.1) is 0 Å². The molecule has 0 aromatic heterocycles. The van der Waals surface area contributed by atoms with E-state index in [1.165, 1.54) is 18.2 Å². The van der Waals surface area contributed by atoms with Crippen molar-refractivity contribution in [3.05, 3.63) is 63.9 Å². The van der Waals surface area contributed by atoms with E-state index in [1.54, 1.807) is 12.1 Å². The summed E-state index contributed by atoms with van der Waals surface area (Å²) < 4.78 is 19.0. The number of nitriles is 1. The molecule has 0 saturated heterocycles. The second kappa shape index (κ2) is 6.25. The summed E-state index contributed by atoms with van der Waals surface area (Å²) in [6.07, 6.45) is 0. The summed E-state index contributed by atoms with van der Waals surface area (Å²) in [6, 6.07) is 9.99. The SMILES string of the molecule is N#Cc1c(Cl)cccc1OCc1cc(C(=O)O)ccc1F.